The summed E-state index contributed by atoms with van der Waals surface area (Å²) in [6.45, 7) is 12.6. The number of halogens is 7. The normalized spacial score (nSPS) is 22.1. The molecule has 5 atom stereocenters. The van der Waals surface area contributed by atoms with Gasteiger partial charge in [0.25, 0.3) is 0 Å². The molecule has 0 radical (unpaired) electrons. The van der Waals surface area contributed by atoms with Crippen molar-refractivity contribution in [2.75, 3.05) is 13.2 Å². The second-order valence-corrected chi connectivity index (χ2v) is 16.7. The largest absolute Gasteiger partial charge is 0.439 e. The van der Waals surface area contributed by atoms with Gasteiger partial charge < -0.3 is 14.2 Å². The van der Waals surface area contributed by atoms with Gasteiger partial charge in [0.1, 0.15) is 17.4 Å². The Balaban J connectivity index is 0.000000210. The zero-order valence-electron chi connectivity index (χ0n) is 34.8. The second-order valence-electron chi connectivity index (χ2n) is 16.3. The maximum absolute atomic E-state index is 13.3. The molecule has 9 nitrogen and oxygen atoms in total. The van der Waals surface area contributed by atoms with E-state index in [0.717, 1.165) is 85.5 Å². The molecule has 3 aliphatic rings. The monoisotopic (exact) mass is 874 g/mol. The predicted octanol–water partition coefficient (Wildman–Crippen LogP) is 11.6. The lowest BCUT2D eigenvalue weighted by Crippen LogP contribution is -2.32. The number of benzene rings is 2. The van der Waals surface area contributed by atoms with Gasteiger partial charge in [-0.2, -0.15) is 26.3 Å². The standard InChI is InChI=1S/C26H31F3N2O3.C19H18ClF3N2O2/c1-16-9-20(13-22(11-16)26(27,28)29)24-18(3)31(25(32)34-24)15-21-10-17(2)14-30-23(21)12-19-5-4-7-33-8-6-19;1-10-4-13(7-15(6-10)19(21,22)23)16-12(3)25(18(26)27-16)9-14-5-11(2)8-24-17(14)20/h9-11,13-14,18-19,24H,4-8,12,15H2,1-3H3;4-8,12,16H,9H2,1-3H3/t18-,19?,24-;12-,16-/m00/s1. The van der Waals surface area contributed by atoms with Crippen molar-refractivity contribution in [2.45, 2.75) is 117 Å². The zero-order valence-corrected chi connectivity index (χ0v) is 35.5. The first-order chi connectivity index (χ1) is 28.7. The van der Waals surface area contributed by atoms with Crippen LogP contribution in [0.3, 0.4) is 0 Å². The number of hydrogen-bond donors (Lipinski definition) is 0. The first-order valence-corrected chi connectivity index (χ1v) is 20.5. The summed E-state index contributed by atoms with van der Waals surface area (Å²) in [6, 6.07) is 10.5. The van der Waals surface area contributed by atoms with Crippen LogP contribution in [-0.4, -0.2) is 57.3 Å². The molecule has 2 aromatic heterocycles. The summed E-state index contributed by atoms with van der Waals surface area (Å²) in [5, 5.41) is 0.277. The fraction of sp³-hybridized carbons (Fsp3) is 0.467. The summed E-state index contributed by atoms with van der Waals surface area (Å²) in [5.41, 5.74) is 4.55. The minimum absolute atomic E-state index is 0.169. The Labute approximate surface area is 356 Å². The molecule has 2 amide bonds. The first kappa shape index (κ1) is 45.6. The van der Waals surface area contributed by atoms with Crippen LogP contribution in [0.1, 0.15) is 107 Å². The highest BCUT2D eigenvalue weighted by atomic mass is 35.5. The average molecular weight is 875 g/mol. The van der Waals surface area contributed by atoms with Crippen LogP contribution in [0.2, 0.25) is 5.15 Å². The summed E-state index contributed by atoms with van der Waals surface area (Å²) in [4.78, 5) is 36.9. The number of aryl methyl sites for hydroxylation is 4. The predicted molar refractivity (Wildman–Crippen MR) is 216 cm³/mol. The Morgan fingerprint density at radius 2 is 1.15 bits per heavy atom. The van der Waals surface area contributed by atoms with Crippen molar-refractivity contribution in [3.8, 4) is 0 Å². The van der Waals surface area contributed by atoms with Gasteiger partial charge >= 0.3 is 24.5 Å². The Morgan fingerprint density at radius 1 is 0.656 bits per heavy atom. The third-order valence-electron chi connectivity index (χ3n) is 11.3. The van der Waals surface area contributed by atoms with E-state index in [2.05, 4.69) is 9.97 Å². The Hall–Kier alpha value is -4.89. The molecular formula is C45H49ClF6N4O5. The summed E-state index contributed by atoms with van der Waals surface area (Å²) >= 11 is 6.10. The molecule has 0 saturated carbocycles. The van der Waals surface area contributed by atoms with E-state index in [9.17, 15) is 35.9 Å². The number of amides is 2. The van der Waals surface area contributed by atoms with Crippen LogP contribution in [0, 0.1) is 33.6 Å². The molecule has 7 rings (SSSR count). The van der Waals surface area contributed by atoms with Gasteiger partial charge in [-0.15, -0.1) is 0 Å². The Bertz CT molecular complexity index is 2230. The molecule has 0 aliphatic carbocycles. The SMILES string of the molecule is Cc1cc([C@H]2OC(=O)N(Cc3cc(C)cnc3CC3CCCOCC3)[C@H]2C)cc(C(F)(F)F)c1.Cc1cc([C@H]2OC(=O)N(Cc3cc(C)cnc3Cl)[C@H]2C)cc(C(F)(F)F)c1. The summed E-state index contributed by atoms with van der Waals surface area (Å²) in [5.74, 6) is 0.472. The van der Waals surface area contributed by atoms with Crippen molar-refractivity contribution in [1.29, 1.82) is 0 Å². The zero-order chi connectivity index (χ0) is 44.4. The Kier molecular flexibility index (Phi) is 13.9. The molecule has 3 aliphatic heterocycles. The number of hydrogen-bond acceptors (Lipinski definition) is 7. The quantitative estimate of drug-likeness (QED) is 0.129. The van der Waals surface area contributed by atoms with Gasteiger partial charge in [0.15, 0.2) is 0 Å². The van der Waals surface area contributed by atoms with Gasteiger partial charge in [0.2, 0.25) is 0 Å². The van der Waals surface area contributed by atoms with Crippen molar-refractivity contribution in [2.24, 2.45) is 5.92 Å². The van der Waals surface area contributed by atoms with Crippen LogP contribution >= 0.6 is 11.6 Å². The number of ether oxygens (including phenoxy) is 3. The lowest BCUT2D eigenvalue weighted by atomic mass is 9.92. The number of pyridine rings is 2. The molecule has 5 heterocycles. The molecule has 0 bridgehead atoms. The van der Waals surface area contributed by atoms with Crippen molar-refractivity contribution in [3.05, 3.63) is 127 Å². The summed E-state index contributed by atoms with van der Waals surface area (Å²) in [7, 11) is 0. The van der Waals surface area contributed by atoms with Crippen LogP contribution < -0.4 is 0 Å². The van der Waals surface area contributed by atoms with Gasteiger partial charge in [-0.25, -0.2) is 14.6 Å². The third kappa shape index (κ3) is 11.1. The van der Waals surface area contributed by atoms with E-state index < -0.39 is 60.0 Å². The van der Waals surface area contributed by atoms with Gasteiger partial charge in [-0.3, -0.25) is 14.8 Å². The van der Waals surface area contributed by atoms with Gasteiger partial charge in [0.05, 0.1) is 36.3 Å². The maximum Gasteiger partial charge on any atom is 0.416 e. The van der Waals surface area contributed by atoms with Crippen LogP contribution in [0.4, 0.5) is 35.9 Å². The highest BCUT2D eigenvalue weighted by Gasteiger charge is 2.43. The third-order valence-corrected chi connectivity index (χ3v) is 11.6. The number of nitrogens with zero attached hydrogens (tertiary/aromatic N) is 4. The molecule has 0 spiro atoms. The van der Waals surface area contributed by atoms with E-state index in [1.807, 2.05) is 39.1 Å². The number of aromatic nitrogens is 2. The smallest absolute Gasteiger partial charge is 0.416 e. The lowest BCUT2D eigenvalue weighted by Gasteiger charge is -2.23. The minimum Gasteiger partial charge on any atom is -0.439 e. The van der Waals surface area contributed by atoms with E-state index in [0.29, 0.717) is 40.3 Å². The van der Waals surface area contributed by atoms with Crippen LogP contribution in [0.5, 0.6) is 0 Å². The Morgan fingerprint density at radius 3 is 1.67 bits per heavy atom. The van der Waals surface area contributed by atoms with Gasteiger partial charge in [-0.1, -0.05) is 40.9 Å². The number of carbonyl (C=O) groups excluding carboxylic acids is 2. The fourth-order valence-electron chi connectivity index (χ4n) is 8.12. The van der Waals surface area contributed by atoms with E-state index in [4.69, 9.17) is 25.8 Å². The topological polar surface area (TPSA) is 94.1 Å². The molecule has 3 fully saturated rings. The van der Waals surface area contributed by atoms with Crippen molar-refractivity contribution < 1.29 is 50.1 Å². The molecule has 2 aromatic carbocycles. The first-order valence-electron chi connectivity index (χ1n) is 20.1. The number of cyclic esters (lactones) is 2. The molecule has 16 heteroatoms. The summed E-state index contributed by atoms with van der Waals surface area (Å²) < 4.78 is 95.9. The van der Waals surface area contributed by atoms with Crippen LogP contribution in [0.15, 0.2) is 60.9 Å². The lowest BCUT2D eigenvalue weighted by molar-refractivity contribution is -0.138. The fourth-order valence-corrected chi connectivity index (χ4v) is 8.28. The highest BCUT2D eigenvalue weighted by molar-refractivity contribution is 6.30. The van der Waals surface area contributed by atoms with Gasteiger partial charge in [-0.05, 0) is 131 Å². The van der Waals surface area contributed by atoms with E-state index in [-0.39, 0.29) is 11.7 Å². The summed E-state index contributed by atoms with van der Waals surface area (Å²) in [6.07, 6.45) is -4.26. The molecule has 0 N–H and O–H groups in total. The van der Waals surface area contributed by atoms with Gasteiger partial charge in [0, 0.05) is 36.9 Å². The second kappa shape index (κ2) is 18.6. The average Bonchev–Trinajstić information content (AvgIpc) is 3.46. The number of carbonyl (C=O) groups is 2. The molecule has 1 unspecified atom stereocenters. The molecule has 328 valence electrons. The highest BCUT2D eigenvalue weighted by Crippen LogP contribution is 2.40. The van der Waals surface area contributed by atoms with Crippen molar-refractivity contribution in [3.63, 3.8) is 0 Å². The van der Waals surface area contributed by atoms with Crippen molar-refractivity contribution in [1.82, 2.24) is 19.8 Å². The molecule has 61 heavy (non-hydrogen) atoms. The molecular weight excluding hydrogens is 826 g/mol. The van der Waals surface area contributed by atoms with E-state index >= 15 is 0 Å². The van der Waals surface area contributed by atoms with Crippen molar-refractivity contribution >= 4 is 23.8 Å². The number of alkyl halides is 6. The van der Waals surface area contributed by atoms with Crippen LogP contribution in [0.25, 0.3) is 0 Å². The van der Waals surface area contributed by atoms with Crippen LogP contribution in [-0.2, 0) is 46.1 Å². The number of rotatable bonds is 8. The molecule has 3 saturated heterocycles. The maximum atomic E-state index is 13.3. The van der Waals surface area contributed by atoms with E-state index in [1.165, 1.54) is 4.90 Å². The minimum atomic E-state index is -4.47. The van der Waals surface area contributed by atoms with E-state index in [1.54, 1.807) is 44.0 Å². The molecule has 4 aromatic rings.